The minimum absolute atomic E-state index is 0.00933. The number of benzene rings is 2. The molecule has 0 bridgehead atoms. The standard InChI is InChI=1S/C19H27N3O.C17H25N3/c1-13(23)21(5)15-9-10-17-16(11-15)20-18(19(2,3)4)22(17)12-14-7-6-8-14;1-17(2,3)16-19-14-10-13(18-4)8-9-15(14)20(16)11-12-6-5-7-12/h9-11,14H,6-8,12H2,1-5H3;8-10,12,18H,5-7,11H2,1-4H3. The molecule has 2 saturated carbocycles. The molecule has 7 nitrogen and oxygen atoms in total. The molecule has 7 heteroatoms. The summed E-state index contributed by atoms with van der Waals surface area (Å²) in [5.41, 5.74) is 6.69. The Labute approximate surface area is 258 Å². The van der Waals surface area contributed by atoms with Crippen LogP contribution in [0, 0.1) is 11.8 Å². The number of nitrogens with zero attached hydrogens (tertiary/aromatic N) is 5. The van der Waals surface area contributed by atoms with Gasteiger partial charge in [-0.3, -0.25) is 4.79 Å². The third-order valence-electron chi connectivity index (χ3n) is 9.30. The van der Waals surface area contributed by atoms with Crippen molar-refractivity contribution in [2.75, 3.05) is 24.3 Å². The van der Waals surface area contributed by atoms with E-state index in [1.165, 1.54) is 55.4 Å². The average Bonchev–Trinajstić information content (AvgIpc) is 3.45. The number of amides is 1. The highest BCUT2D eigenvalue weighted by Gasteiger charge is 2.28. The fourth-order valence-electron chi connectivity index (χ4n) is 6.18. The molecule has 1 amide bonds. The van der Waals surface area contributed by atoms with Crippen molar-refractivity contribution in [3.05, 3.63) is 48.0 Å². The molecule has 43 heavy (non-hydrogen) atoms. The molecule has 4 aromatic rings. The van der Waals surface area contributed by atoms with Crippen LogP contribution in [-0.2, 0) is 28.7 Å². The molecule has 1 N–H and O–H groups in total. The van der Waals surface area contributed by atoms with Crippen molar-refractivity contribution in [3.63, 3.8) is 0 Å². The molecular formula is C36H52N6O. The maximum Gasteiger partial charge on any atom is 0.223 e. The Morgan fingerprint density at radius 2 is 1.28 bits per heavy atom. The van der Waals surface area contributed by atoms with Gasteiger partial charge in [0.15, 0.2) is 0 Å². The van der Waals surface area contributed by atoms with Crippen molar-refractivity contribution in [2.45, 2.75) is 111 Å². The molecule has 0 spiro atoms. The van der Waals surface area contributed by atoms with E-state index in [4.69, 9.17) is 9.97 Å². The van der Waals surface area contributed by atoms with Crippen molar-refractivity contribution in [2.24, 2.45) is 11.8 Å². The van der Waals surface area contributed by atoms with Gasteiger partial charge in [0.1, 0.15) is 11.6 Å². The van der Waals surface area contributed by atoms with E-state index in [-0.39, 0.29) is 16.7 Å². The van der Waals surface area contributed by atoms with Crippen LogP contribution < -0.4 is 10.2 Å². The van der Waals surface area contributed by atoms with E-state index in [1.807, 2.05) is 19.2 Å². The quantitative estimate of drug-likeness (QED) is 0.248. The highest BCUT2D eigenvalue weighted by molar-refractivity contribution is 5.93. The number of anilines is 2. The first-order valence-electron chi connectivity index (χ1n) is 16.2. The van der Waals surface area contributed by atoms with Crippen molar-refractivity contribution in [3.8, 4) is 0 Å². The van der Waals surface area contributed by atoms with Crippen LogP contribution >= 0.6 is 0 Å². The molecule has 2 aromatic carbocycles. The van der Waals surface area contributed by atoms with Gasteiger partial charge in [0.2, 0.25) is 5.91 Å². The Bertz CT molecular complexity index is 1590. The van der Waals surface area contributed by atoms with Gasteiger partial charge in [-0.05, 0) is 73.9 Å². The Morgan fingerprint density at radius 3 is 1.67 bits per heavy atom. The molecule has 2 heterocycles. The Hall–Kier alpha value is -3.35. The molecule has 0 radical (unpaired) electrons. The second kappa shape index (κ2) is 12.0. The van der Waals surface area contributed by atoms with Crippen LogP contribution in [0.1, 0.15) is 98.6 Å². The lowest BCUT2D eigenvalue weighted by molar-refractivity contribution is -0.116. The van der Waals surface area contributed by atoms with Gasteiger partial charge in [0.25, 0.3) is 0 Å². The van der Waals surface area contributed by atoms with Crippen molar-refractivity contribution >= 4 is 39.3 Å². The van der Waals surface area contributed by atoms with E-state index in [0.29, 0.717) is 0 Å². The van der Waals surface area contributed by atoms with Gasteiger partial charge in [-0.2, -0.15) is 0 Å². The Balaban J connectivity index is 0.000000173. The number of carbonyl (C=O) groups is 1. The van der Waals surface area contributed by atoms with Gasteiger partial charge in [-0.25, -0.2) is 9.97 Å². The highest BCUT2D eigenvalue weighted by Crippen LogP contribution is 2.35. The number of hydrogen-bond acceptors (Lipinski definition) is 4. The minimum Gasteiger partial charge on any atom is -0.388 e. The summed E-state index contributed by atoms with van der Waals surface area (Å²) in [6.45, 7) is 17.2. The number of nitrogens with one attached hydrogen (secondary N) is 1. The van der Waals surface area contributed by atoms with Crippen LogP contribution in [0.3, 0.4) is 0 Å². The molecule has 6 rings (SSSR count). The summed E-state index contributed by atoms with van der Waals surface area (Å²) in [7, 11) is 3.76. The lowest BCUT2D eigenvalue weighted by atomic mass is 9.85. The van der Waals surface area contributed by atoms with Crippen LogP contribution in [0.15, 0.2) is 36.4 Å². The number of hydrogen-bond donors (Lipinski definition) is 1. The summed E-state index contributed by atoms with van der Waals surface area (Å²) in [6.07, 6.45) is 8.15. The Morgan fingerprint density at radius 1 is 0.814 bits per heavy atom. The normalized spacial score (nSPS) is 16.0. The van der Waals surface area contributed by atoms with Crippen molar-refractivity contribution < 1.29 is 4.79 Å². The van der Waals surface area contributed by atoms with Gasteiger partial charge in [0.05, 0.1) is 22.1 Å². The van der Waals surface area contributed by atoms with Gasteiger partial charge in [0, 0.05) is 56.3 Å². The van der Waals surface area contributed by atoms with Crippen LogP contribution in [0.2, 0.25) is 0 Å². The number of aromatic nitrogens is 4. The zero-order chi connectivity index (χ0) is 31.1. The minimum atomic E-state index is 0.00933. The lowest BCUT2D eigenvalue weighted by Crippen LogP contribution is -2.24. The third kappa shape index (κ3) is 6.61. The zero-order valence-corrected chi connectivity index (χ0v) is 27.9. The fourth-order valence-corrected chi connectivity index (χ4v) is 6.18. The predicted octanol–water partition coefficient (Wildman–Crippen LogP) is 8.29. The van der Waals surface area contributed by atoms with Crippen LogP contribution in [0.4, 0.5) is 11.4 Å². The second-order valence-electron chi connectivity index (χ2n) is 14.9. The maximum atomic E-state index is 11.6. The van der Waals surface area contributed by atoms with Gasteiger partial charge in [-0.1, -0.05) is 54.4 Å². The van der Waals surface area contributed by atoms with Crippen molar-refractivity contribution in [1.82, 2.24) is 19.1 Å². The highest BCUT2D eigenvalue weighted by atomic mass is 16.2. The molecular weight excluding hydrogens is 532 g/mol. The summed E-state index contributed by atoms with van der Waals surface area (Å²) >= 11 is 0. The van der Waals surface area contributed by atoms with Gasteiger partial charge in [-0.15, -0.1) is 0 Å². The van der Waals surface area contributed by atoms with E-state index in [1.54, 1.807) is 18.9 Å². The summed E-state index contributed by atoms with van der Waals surface area (Å²) in [6, 6.07) is 12.7. The molecule has 2 aliphatic carbocycles. The number of fused-ring (bicyclic) bond motifs is 2. The average molecular weight is 585 g/mol. The Kier molecular flexibility index (Phi) is 8.65. The molecule has 0 unspecified atom stereocenters. The molecule has 2 aliphatic rings. The SMILES string of the molecule is CC(=O)N(C)c1ccc2c(c1)nc(C(C)(C)C)n2CC1CCC1.CNc1ccc2c(c1)nc(C(C)(C)C)n2CC1CCC1. The molecule has 0 atom stereocenters. The van der Waals surface area contributed by atoms with E-state index in [0.717, 1.165) is 53.2 Å². The van der Waals surface area contributed by atoms with E-state index >= 15 is 0 Å². The van der Waals surface area contributed by atoms with Gasteiger partial charge >= 0.3 is 0 Å². The first-order chi connectivity index (χ1) is 20.3. The molecule has 0 saturated heterocycles. The second-order valence-corrected chi connectivity index (χ2v) is 14.9. The van der Waals surface area contributed by atoms with Gasteiger partial charge < -0.3 is 19.4 Å². The van der Waals surface area contributed by atoms with E-state index in [9.17, 15) is 4.79 Å². The number of rotatable bonds is 6. The first kappa shape index (κ1) is 31.1. The summed E-state index contributed by atoms with van der Waals surface area (Å²) in [5, 5.41) is 3.20. The third-order valence-corrected chi connectivity index (χ3v) is 9.30. The molecule has 2 aromatic heterocycles. The summed E-state index contributed by atoms with van der Waals surface area (Å²) in [4.78, 5) is 23.1. The topological polar surface area (TPSA) is 68.0 Å². The number of imidazole rings is 2. The summed E-state index contributed by atoms with van der Waals surface area (Å²) in [5.74, 6) is 4.02. The van der Waals surface area contributed by atoms with Crippen molar-refractivity contribution in [1.29, 1.82) is 0 Å². The fraction of sp³-hybridized carbons (Fsp3) is 0.583. The monoisotopic (exact) mass is 584 g/mol. The smallest absolute Gasteiger partial charge is 0.223 e. The molecule has 2 fully saturated rings. The zero-order valence-electron chi connectivity index (χ0n) is 27.9. The molecule has 232 valence electrons. The largest absolute Gasteiger partial charge is 0.388 e. The number of carbonyl (C=O) groups excluding carboxylic acids is 1. The first-order valence-corrected chi connectivity index (χ1v) is 16.2. The molecule has 0 aliphatic heterocycles. The lowest BCUT2D eigenvalue weighted by Gasteiger charge is -2.29. The van der Waals surface area contributed by atoms with Crippen LogP contribution in [0.25, 0.3) is 22.1 Å². The van der Waals surface area contributed by atoms with E-state index < -0.39 is 0 Å². The predicted molar refractivity (Wildman–Crippen MR) is 180 cm³/mol. The van der Waals surface area contributed by atoms with Crippen LogP contribution in [-0.4, -0.2) is 39.1 Å². The maximum absolute atomic E-state index is 11.6. The van der Waals surface area contributed by atoms with E-state index in [2.05, 4.69) is 80.3 Å². The van der Waals surface area contributed by atoms with Crippen LogP contribution in [0.5, 0.6) is 0 Å². The summed E-state index contributed by atoms with van der Waals surface area (Å²) < 4.78 is 4.86.